The molecule has 0 saturated heterocycles. The van der Waals surface area contributed by atoms with Gasteiger partial charge < -0.3 is 5.32 Å². The molecule has 0 radical (unpaired) electrons. The van der Waals surface area contributed by atoms with E-state index < -0.39 is 0 Å². The number of carbonyl (C=O) groups excluding carboxylic acids is 1. The molecule has 0 unspecified atom stereocenters. The number of amides is 1. The molecule has 0 spiro atoms. The summed E-state index contributed by atoms with van der Waals surface area (Å²) >= 11 is 5.79. The first kappa shape index (κ1) is 14.5. The maximum Gasteiger partial charge on any atom is 0.255 e. The molecule has 0 aromatic carbocycles. The van der Waals surface area contributed by atoms with Crippen LogP contribution in [-0.2, 0) is 0 Å². The summed E-state index contributed by atoms with van der Waals surface area (Å²) in [5.74, 6) is -0.219. The second-order valence-electron chi connectivity index (χ2n) is 4.91. The molecule has 2 aromatic heterocycles. The van der Waals surface area contributed by atoms with Crippen LogP contribution < -0.4 is 5.32 Å². The zero-order valence-corrected chi connectivity index (χ0v) is 12.7. The van der Waals surface area contributed by atoms with Gasteiger partial charge in [0.25, 0.3) is 5.91 Å². The summed E-state index contributed by atoms with van der Waals surface area (Å²) in [5, 5.41) is 7.62. The summed E-state index contributed by atoms with van der Waals surface area (Å²) in [7, 11) is 0. The largest absolute Gasteiger partial charge is 0.319 e. The minimum Gasteiger partial charge on any atom is -0.319 e. The van der Waals surface area contributed by atoms with Crippen LogP contribution in [-0.4, -0.2) is 20.7 Å². The molecule has 2 aromatic rings. The number of hydrogen-bond acceptors (Lipinski definition) is 3. The van der Waals surface area contributed by atoms with Crippen molar-refractivity contribution in [2.24, 2.45) is 0 Å². The number of pyridine rings is 1. The van der Waals surface area contributed by atoms with Crippen LogP contribution in [0, 0.1) is 13.8 Å². The molecule has 2 heterocycles. The lowest BCUT2D eigenvalue weighted by Gasteiger charge is -2.09. The minimum atomic E-state index is -0.219. The van der Waals surface area contributed by atoms with Gasteiger partial charge in [0.1, 0.15) is 5.15 Å². The fraction of sp³-hybridized carbons (Fsp3) is 0.357. The summed E-state index contributed by atoms with van der Waals surface area (Å²) in [6.07, 6.45) is 1.51. The molecule has 6 heteroatoms. The van der Waals surface area contributed by atoms with Gasteiger partial charge in [-0.1, -0.05) is 11.6 Å². The van der Waals surface area contributed by atoms with E-state index in [0.717, 1.165) is 17.1 Å². The molecule has 0 fully saturated rings. The fourth-order valence-electron chi connectivity index (χ4n) is 2.08. The Labute approximate surface area is 123 Å². The molecule has 2 rings (SSSR count). The molecule has 0 bridgehead atoms. The number of halogens is 1. The zero-order chi connectivity index (χ0) is 14.9. The molecule has 1 N–H and O–H groups in total. The van der Waals surface area contributed by atoms with Crippen molar-refractivity contribution in [1.29, 1.82) is 0 Å². The van der Waals surface area contributed by atoms with Crippen molar-refractivity contribution in [3.05, 3.63) is 40.4 Å². The minimum absolute atomic E-state index is 0.219. The smallest absolute Gasteiger partial charge is 0.255 e. The highest BCUT2D eigenvalue weighted by Gasteiger charge is 2.16. The predicted molar refractivity (Wildman–Crippen MR) is 79.3 cm³/mol. The maximum absolute atomic E-state index is 12.2. The van der Waals surface area contributed by atoms with Crippen LogP contribution in [0.2, 0.25) is 5.15 Å². The van der Waals surface area contributed by atoms with Gasteiger partial charge in [-0.3, -0.25) is 9.48 Å². The van der Waals surface area contributed by atoms with Gasteiger partial charge in [0.15, 0.2) is 0 Å². The van der Waals surface area contributed by atoms with Crippen molar-refractivity contribution in [3.8, 4) is 0 Å². The van der Waals surface area contributed by atoms with Gasteiger partial charge in [-0.15, -0.1) is 0 Å². The van der Waals surface area contributed by atoms with E-state index >= 15 is 0 Å². The number of nitrogens with one attached hydrogen (secondary N) is 1. The van der Waals surface area contributed by atoms with E-state index in [1.165, 1.54) is 12.3 Å². The van der Waals surface area contributed by atoms with Crippen molar-refractivity contribution in [2.75, 3.05) is 5.32 Å². The standard InChI is InChI=1S/C14H17ClN4O/c1-8(2)19-10(4)13(9(3)18-19)17-14(20)11-5-6-16-12(15)7-11/h5-8H,1-4H3,(H,17,20). The summed E-state index contributed by atoms with van der Waals surface area (Å²) in [4.78, 5) is 16.1. The number of anilines is 1. The van der Waals surface area contributed by atoms with Crippen LogP contribution in [0.5, 0.6) is 0 Å². The van der Waals surface area contributed by atoms with E-state index in [1.807, 2.05) is 32.4 Å². The Morgan fingerprint density at radius 2 is 2.10 bits per heavy atom. The topological polar surface area (TPSA) is 59.8 Å². The molecule has 0 aliphatic rings. The third-order valence-electron chi connectivity index (χ3n) is 3.04. The SMILES string of the molecule is Cc1nn(C(C)C)c(C)c1NC(=O)c1ccnc(Cl)c1. The molecular weight excluding hydrogens is 276 g/mol. The second kappa shape index (κ2) is 5.63. The highest BCUT2D eigenvalue weighted by Crippen LogP contribution is 2.23. The number of hydrogen-bond donors (Lipinski definition) is 1. The first-order valence-corrected chi connectivity index (χ1v) is 6.76. The Morgan fingerprint density at radius 3 is 2.65 bits per heavy atom. The fourth-order valence-corrected chi connectivity index (χ4v) is 2.25. The summed E-state index contributed by atoms with van der Waals surface area (Å²) in [5.41, 5.74) is 2.95. The Hall–Kier alpha value is -1.88. The number of carbonyl (C=O) groups is 1. The third-order valence-corrected chi connectivity index (χ3v) is 3.25. The zero-order valence-electron chi connectivity index (χ0n) is 11.9. The van der Waals surface area contributed by atoms with E-state index in [1.54, 1.807) is 6.07 Å². The first-order valence-electron chi connectivity index (χ1n) is 6.38. The number of rotatable bonds is 3. The lowest BCUT2D eigenvalue weighted by atomic mass is 10.2. The highest BCUT2D eigenvalue weighted by atomic mass is 35.5. The van der Waals surface area contributed by atoms with Crippen LogP contribution in [0.3, 0.4) is 0 Å². The van der Waals surface area contributed by atoms with E-state index in [2.05, 4.69) is 15.4 Å². The van der Waals surface area contributed by atoms with E-state index in [9.17, 15) is 4.79 Å². The molecule has 0 aliphatic carbocycles. The van der Waals surface area contributed by atoms with Gasteiger partial charge in [0.2, 0.25) is 0 Å². The monoisotopic (exact) mass is 292 g/mol. The quantitative estimate of drug-likeness (QED) is 0.882. The second-order valence-corrected chi connectivity index (χ2v) is 5.29. The average molecular weight is 293 g/mol. The van der Waals surface area contributed by atoms with Gasteiger partial charge in [-0.2, -0.15) is 5.10 Å². The van der Waals surface area contributed by atoms with Crippen molar-refractivity contribution in [1.82, 2.24) is 14.8 Å². The Kier molecular flexibility index (Phi) is 4.09. The van der Waals surface area contributed by atoms with Crippen molar-refractivity contribution in [3.63, 3.8) is 0 Å². The van der Waals surface area contributed by atoms with Crippen LogP contribution in [0.15, 0.2) is 18.3 Å². The summed E-state index contributed by atoms with van der Waals surface area (Å²) < 4.78 is 1.89. The Morgan fingerprint density at radius 1 is 1.40 bits per heavy atom. The maximum atomic E-state index is 12.2. The Balaban J connectivity index is 2.29. The molecule has 0 atom stereocenters. The van der Waals surface area contributed by atoms with Crippen LogP contribution in [0.1, 0.15) is 41.6 Å². The van der Waals surface area contributed by atoms with E-state index in [0.29, 0.717) is 10.7 Å². The Bertz CT molecular complexity index is 649. The molecular formula is C14H17ClN4O. The van der Waals surface area contributed by atoms with Crippen molar-refractivity contribution >= 4 is 23.2 Å². The van der Waals surface area contributed by atoms with Crippen molar-refractivity contribution < 1.29 is 4.79 Å². The third kappa shape index (κ3) is 2.82. The van der Waals surface area contributed by atoms with E-state index in [4.69, 9.17) is 11.6 Å². The van der Waals surface area contributed by atoms with Crippen LogP contribution in [0.4, 0.5) is 5.69 Å². The van der Waals surface area contributed by atoms with Gasteiger partial charge in [-0.25, -0.2) is 4.98 Å². The lowest BCUT2D eigenvalue weighted by Crippen LogP contribution is -2.13. The summed E-state index contributed by atoms with van der Waals surface area (Å²) in [6, 6.07) is 3.41. The van der Waals surface area contributed by atoms with Gasteiger partial charge in [-0.05, 0) is 39.8 Å². The number of aromatic nitrogens is 3. The lowest BCUT2D eigenvalue weighted by molar-refractivity contribution is 0.102. The number of nitrogens with zero attached hydrogens (tertiary/aromatic N) is 3. The van der Waals surface area contributed by atoms with Gasteiger partial charge >= 0.3 is 0 Å². The van der Waals surface area contributed by atoms with Crippen molar-refractivity contribution in [2.45, 2.75) is 33.7 Å². The molecule has 1 amide bonds. The van der Waals surface area contributed by atoms with Crippen LogP contribution in [0.25, 0.3) is 0 Å². The van der Waals surface area contributed by atoms with E-state index in [-0.39, 0.29) is 11.9 Å². The molecule has 5 nitrogen and oxygen atoms in total. The van der Waals surface area contributed by atoms with Gasteiger partial charge in [0, 0.05) is 17.8 Å². The predicted octanol–water partition coefficient (Wildman–Crippen LogP) is 3.38. The first-order chi connectivity index (χ1) is 9.40. The normalized spacial score (nSPS) is 10.9. The molecule has 0 saturated carbocycles. The summed E-state index contributed by atoms with van der Waals surface area (Å²) in [6.45, 7) is 7.91. The van der Waals surface area contributed by atoms with Gasteiger partial charge in [0.05, 0.1) is 17.1 Å². The molecule has 0 aliphatic heterocycles. The number of aryl methyl sites for hydroxylation is 1. The molecule has 106 valence electrons. The van der Waals surface area contributed by atoms with Crippen LogP contribution >= 0.6 is 11.6 Å². The molecule has 20 heavy (non-hydrogen) atoms. The average Bonchev–Trinajstić information content (AvgIpc) is 2.67. The highest BCUT2D eigenvalue weighted by molar-refractivity contribution is 6.29.